The minimum Gasteiger partial charge on any atom is -0.461 e. The summed E-state index contributed by atoms with van der Waals surface area (Å²) in [5.41, 5.74) is 0. The maximum atomic E-state index is 10.5. The van der Waals surface area contributed by atoms with E-state index in [-0.39, 0.29) is 19.7 Å². The maximum absolute atomic E-state index is 10.5. The van der Waals surface area contributed by atoms with Crippen LogP contribution in [0.3, 0.4) is 0 Å². The molecule has 0 spiro atoms. The van der Waals surface area contributed by atoms with E-state index < -0.39 is 5.97 Å². The van der Waals surface area contributed by atoms with Crippen LogP contribution in [0, 0.1) is 0 Å². The Hall–Kier alpha value is -1.10. The van der Waals surface area contributed by atoms with Crippen LogP contribution >= 0.6 is 0 Å². The molecule has 0 amide bonds. The van der Waals surface area contributed by atoms with Gasteiger partial charge in [0.05, 0.1) is 6.61 Å². The van der Waals surface area contributed by atoms with Crippen molar-refractivity contribution in [3.05, 3.63) is 0 Å². The van der Waals surface area contributed by atoms with Gasteiger partial charge in [-0.1, -0.05) is 0 Å². The highest BCUT2D eigenvalue weighted by atomic mass is 16.6. The van der Waals surface area contributed by atoms with E-state index in [1.54, 1.807) is 0 Å². The molecule has 0 aromatic rings. The molecule has 0 aliphatic heterocycles. The molecule has 0 N–H and O–H groups in total. The van der Waals surface area contributed by atoms with Crippen molar-refractivity contribution < 1.29 is 23.8 Å². The average molecular weight is 162 g/mol. The summed E-state index contributed by atoms with van der Waals surface area (Å²) in [6.45, 7) is 0.370. The number of hydrogen-bond acceptors (Lipinski definition) is 5. The second kappa shape index (κ2) is 7.01. The molecule has 0 saturated carbocycles. The predicted molar refractivity (Wildman–Crippen MR) is 34.9 cm³/mol. The van der Waals surface area contributed by atoms with E-state index in [4.69, 9.17) is 0 Å². The van der Waals surface area contributed by atoms with Crippen LogP contribution in [0.4, 0.5) is 0 Å². The Labute approximate surface area is 64.2 Å². The molecule has 0 fully saturated rings. The Kier molecular flexibility index (Phi) is 6.31. The van der Waals surface area contributed by atoms with Crippen LogP contribution < -0.4 is 0 Å². The highest BCUT2D eigenvalue weighted by Gasteiger charge is 2.00. The van der Waals surface area contributed by atoms with Gasteiger partial charge in [0.15, 0.2) is 6.61 Å². The fraction of sp³-hybridized carbons (Fsp3) is 0.667. The summed E-state index contributed by atoms with van der Waals surface area (Å²) in [7, 11) is 1.50. The summed E-state index contributed by atoms with van der Waals surface area (Å²) in [5, 5.41) is 0. The fourth-order valence-electron chi connectivity index (χ4n) is 0.383. The lowest BCUT2D eigenvalue weighted by molar-refractivity contribution is -0.153. The van der Waals surface area contributed by atoms with Crippen LogP contribution in [0.1, 0.15) is 0 Å². The van der Waals surface area contributed by atoms with Crippen LogP contribution in [0.5, 0.6) is 0 Å². The average Bonchev–Trinajstić information content (AvgIpc) is 2.01. The van der Waals surface area contributed by atoms with Gasteiger partial charge in [0, 0.05) is 7.11 Å². The zero-order valence-corrected chi connectivity index (χ0v) is 6.24. The van der Waals surface area contributed by atoms with Crippen LogP contribution in [0.15, 0.2) is 0 Å². The molecule has 0 rings (SSSR count). The zero-order chi connectivity index (χ0) is 8.53. The first-order valence-electron chi connectivity index (χ1n) is 3.01. The van der Waals surface area contributed by atoms with Crippen LogP contribution in [0.2, 0.25) is 0 Å². The van der Waals surface area contributed by atoms with Crippen molar-refractivity contribution in [3.8, 4) is 0 Å². The highest BCUT2D eigenvalue weighted by Crippen LogP contribution is 1.79. The molecule has 0 radical (unpaired) electrons. The number of hydrogen-bond donors (Lipinski definition) is 0. The topological polar surface area (TPSA) is 61.8 Å². The lowest BCUT2D eigenvalue weighted by Gasteiger charge is -2.01. The fourth-order valence-corrected chi connectivity index (χ4v) is 0.383. The Balaban J connectivity index is 3.15. The van der Waals surface area contributed by atoms with Gasteiger partial charge in [0.1, 0.15) is 6.61 Å². The molecule has 0 aliphatic carbocycles. The standard InChI is InChI=1S/C6H10O5/c1-9-2-3-11-6(8)4-10-5-7/h5H,2-4H2,1H3. The van der Waals surface area contributed by atoms with E-state index in [1.807, 2.05) is 0 Å². The Morgan fingerprint density at radius 3 is 2.73 bits per heavy atom. The van der Waals surface area contributed by atoms with Crippen LogP contribution in [-0.4, -0.2) is 39.4 Å². The third kappa shape index (κ3) is 6.79. The summed E-state index contributed by atoms with van der Waals surface area (Å²) >= 11 is 0. The lowest BCUT2D eigenvalue weighted by atomic mass is 10.7. The third-order valence-corrected chi connectivity index (χ3v) is 0.820. The molecule has 5 nitrogen and oxygen atoms in total. The molecule has 0 aliphatic rings. The first-order chi connectivity index (χ1) is 5.31. The second-order valence-corrected chi connectivity index (χ2v) is 1.62. The molecule has 0 unspecified atom stereocenters. The van der Waals surface area contributed by atoms with Gasteiger partial charge in [-0.25, -0.2) is 4.79 Å². The molecule has 0 bridgehead atoms. The highest BCUT2D eigenvalue weighted by molar-refractivity contribution is 5.71. The summed E-state index contributed by atoms with van der Waals surface area (Å²) < 4.78 is 13.3. The molecular formula is C6H10O5. The molecule has 0 aromatic heterocycles. The smallest absolute Gasteiger partial charge is 0.344 e. The number of esters is 1. The van der Waals surface area contributed by atoms with Gasteiger partial charge < -0.3 is 14.2 Å². The molecular weight excluding hydrogens is 152 g/mol. The monoisotopic (exact) mass is 162 g/mol. The molecule has 0 heterocycles. The summed E-state index contributed by atoms with van der Waals surface area (Å²) in [6.07, 6.45) is 0. The van der Waals surface area contributed by atoms with Gasteiger partial charge in [-0.05, 0) is 0 Å². The predicted octanol–water partition coefficient (Wildman–Crippen LogP) is -0.651. The van der Waals surface area contributed by atoms with E-state index in [9.17, 15) is 9.59 Å². The minimum absolute atomic E-state index is 0.178. The van der Waals surface area contributed by atoms with E-state index in [0.29, 0.717) is 6.61 Å². The summed E-state index contributed by atoms with van der Waals surface area (Å²) in [5.74, 6) is -0.575. The minimum atomic E-state index is -0.575. The van der Waals surface area contributed by atoms with E-state index in [1.165, 1.54) is 7.11 Å². The largest absolute Gasteiger partial charge is 0.461 e. The van der Waals surface area contributed by atoms with Crippen molar-refractivity contribution >= 4 is 12.4 Å². The molecule has 5 heteroatoms. The van der Waals surface area contributed by atoms with Gasteiger partial charge in [-0.15, -0.1) is 0 Å². The van der Waals surface area contributed by atoms with E-state index in [2.05, 4.69) is 14.2 Å². The maximum Gasteiger partial charge on any atom is 0.344 e. The molecule has 64 valence electrons. The Bertz CT molecular complexity index is 122. The van der Waals surface area contributed by atoms with Crippen molar-refractivity contribution in [3.63, 3.8) is 0 Å². The number of ether oxygens (including phenoxy) is 3. The first kappa shape index (κ1) is 9.90. The number of carbonyl (C=O) groups excluding carboxylic acids is 2. The first-order valence-corrected chi connectivity index (χ1v) is 3.01. The SMILES string of the molecule is COCCOC(=O)COC=O. The number of carbonyl (C=O) groups is 2. The Morgan fingerprint density at radius 1 is 1.45 bits per heavy atom. The van der Waals surface area contributed by atoms with Gasteiger partial charge >= 0.3 is 5.97 Å². The number of rotatable bonds is 6. The van der Waals surface area contributed by atoms with E-state index in [0.717, 1.165) is 0 Å². The zero-order valence-electron chi connectivity index (χ0n) is 6.24. The van der Waals surface area contributed by atoms with E-state index >= 15 is 0 Å². The lowest BCUT2D eigenvalue weighted by Crippen LogP contribution is -2.14. The molecule has 0 aromatic carbocycles. The third-order valence-electron chi connectivity index (χ3n) is 0.820. The van der Waals surface area contributed by atoms with Crippen molar-refractivity contribution in [2.75, 3.05) is 26.9 Å². The van der Waals surface area contributed by atoms with Crippen molar-refractivity contribution in [2.45, 2.75) is 0 Å². The van der Waals surface area contributed by atoms with Crippen molar-refractivity contribution in [1.82, 2.24) is 0 Å². The molecule has 11 heavy (non-hydrogen) atoms. The van der Waals surface area contributed by atoms with Crippen molar-refractivity contribution in [1.29, 1.82) is 0 Å². The quantitative estimate of drug-likeness (QED) is 0.295. The normalized spacial score (nSPS) is 8.82. The second-order valence-electron chi connectivity index (χ2n) is 1.62. The molecule has 0 atom stereocenters. The summed E-state index contributed by atoms with van der Waals surface area (Å²) in [6, 6.07) is 0. The van der Waals surface area contributed by atoms with Gasteiger partial charge in [0.2, 0.25) is 0 Å². The number of methoxy groups -OCH3 is 1. The summed E-state index contributed by atoms with van der Waals surface area (Å²) in [4.78, 5) is 20.1. The van der Waals surface area contributed by atoms with Gasteiger partial charge in [0.25, 0.3) is 6.47 Å². The Morgan fingerprint density at radius 2 is 2.18 bits per heavy atom. The van der Waals surface area contributed by atoms with Gasteiger partial charge in [-0.2, -0.15) is 0 Å². The van der Waals surface area contributed by atoms with Crippen molar-refractivity contribution in [2.24, 2.45) is 0 Å². The molecule has 0 saturated heterocycles. The van der Waals surface area contributed by atoms with Crippen LogP contribution in [-0.2, 0) is 23.8 Å². The van der Waals surface area contributed by atoms with Gasteiger partial charge in [-0.3, -0.25) is 4.79 Å². The van der Waals surface area contributed by atoms with Crippen LogP contribution in [0.25, 0.3) is 0 Å².